The summed E-state index contributed by atoms with van der Waals surface area (Å²) in [6, 6.07) is 8.69. The van der Waals surface area contributed by atoms with E-state index in [0.29, 0.717) is 12.2 Å². The Kier molecular flexibility index (Phi) is 5.65. The Morgan fingerprint density at radius 3 is 2.74 bits per heavy atom. The maximum atomic E-state index is 13.9. The quantitative estimate of drug-likeness (QED) is 0.432. The summed E-state index contributed by atoms with van der Waals surface area (Å²) in [4.78, 5) is 27.3. The van der Waals surface area contributed by atoms with Gasteiger partial charge in [-0.2, -0.15) is 0 Å². The number of carbonyl (C=O) groups is 2. The SMILES string of the molecule is COc1ccc(F)cc1/C(O)=C1\C(=O)C(=O)N(CC2CCCO2)C1c1cccc(O)c1. The Morgan fingerprint density at radius 2 is 2.06 bits per heavy atom. The first-order valence-corrected chi connectivity index (χ1v) is 9.93. The summed E-state index contributed by atoms with van der Waals surface area (Å²) in [5.74, 6) is -2.76. The van der Waals surface area contributed by atoms with Crippen LogP contribution in [0.5, 0.6) is 11.5 Å². The summed E-state index contributed by atoms with van der Waals surface area (Å²) in [6.45, 7) is 0.730. The molecule has 4 rings (SSSR count). The molecule has 2 unspecified atom stereocenters. The van der Waals surface area contributed by atoms with Crippen LogP contribution in [0.25, 0.3) is 5.76 Å². The van der Waals surface area contributed by atoms with Crippen molar-refractivity contribution < 1.29 is 33.7 Å². The highest BCUT2D eigenvalue weighted by atomic mass is 19.1. The van der Waals surface area contributed by atoms with Crippen molar-refractivity contribution in [2.24, 2.45) is 0 Å². The molecule has 7 nitrogen and oxygen atoms in total. The van der Waals surface area contributed by atoms with Crippen molar-refractivity contribution in [3.8, 4) is 11.5 Å². The topological polar surface area (TPSA) is 96.3 Å². The molecule has 2 aliphatic rings. The van der Waals surface area contributed by atoms with Crippen molar-refractivity contribution >= 4 is 17.4 Å². The van der Waals surface area contributed by atoms with Crippen LogP contribution in [0.1, 0.15) is 30.0 Å². The largest absolute Gasteiger partial charge is 0.508 e. The van der Waals surface area contributed by atoms with Crippen LogP contribution in [0.4, 0.5) is 4.39 Å². The van der Waals surface area contributed by atoms with E-state index in [4.69, 9.17) is 9.47 Å². The minimum atomic E-state index is -0.968. The third kappa shape index (κ3) is 3.86. The number of Topliss-reactive ketones (excluding diaryl/α,β-unsaturated/α-hetero) is 1. The molecule has 2 heterocycles. The monoisotopic (exact) mass is 427 g/mol. The third-order valence-electron chi connectivity index (χ3n) is 5.57. The highest BCUT2D eigenvalue weighted by molar-refractivity contribution is 6.46. The van der Waals surface area contributed by atoms with Crippen molar-refractivity contribution in [1.82, 2.24) is 4.90 Å². The van der Waals surface area contributed by atoms with Crippen LogP contribution in [0.15, 0.2) is 48.0 Å². The molecule has 0 aliphatic carbocycles. The molecule has 2 aromatic carbocycles. The number of aliphatic hydroxyl groups excluding tert-OH is 1. The zero-order valence-electron chi connectivity index (χ0n) is 16.9. The average molecular weight is 427 g/mol. The lowest BCUT2D eigenvalue weighted by Gasteiger charge is -2.27. The number of halogens is 1. The second kappa shape index (κ2) is 8.39. The number of likely N-dealkylation sites (tertiary alicyclic amines) is 1. The van der Waals surface area contributed by atoms with Crippen LogP contribution < -0.4 is 4.74 Å². The van der Waals surface area contributed by atoms with E-state index < -0.39 is 29.3 Å². The number of methoxy groups -OCH3 is 1. The second-order valence-corrected chi connectivity index (χ2v) is 7.53. The molecule has 162 valence electrons. The number of ketones is 1. The van der Waals surface area contributed by atoms with Crippen molar-refractivity contribution in [2.45, 2.75) is 25.0 Å². The zero-order chi connectivity index (χ0) is 22.1. The molecule has 2 fully saturated rings. The summed E-state index contributed by atoms with van der Waals surface area (Å²) in [7, 11) is 1.35. The van der Waals surface area contributed by atoms with Gasteiger partial charge in [-0.15, -0.1) is 0 Å². The van der Waals surface area contributed by atoms with Gasteiger partial charge in [0.25, 0.3) is 11.7 Å². The molecule has 1 amide bonds. The van der Waals surface area contributed by atoms with E-state index in [1.54, 1.807) is 12.1 Å². The fourth-order valence-corrected chi connectivity index (χ4v) is 4.13. The molecule has 0 radical (unpaired) electrons. The van der Waals surface area contributed by atoms with Crippen LogP contribution in [0, 0.1) is 5.82 Å². The Balaban J connectivity index is 1.88. The van der Waals surface area contributed by atoms with Gasteiger partial charge < -0.3 is 24.6 Å². The second-order valence-electron chi connectivity index (χ2n) is 7.53. The minimum absolute atomic E-state index is 0.0391. The van der Waals surface area contributed by atoms with Crippen LogP contribution in [0.2, 0.25) is 0 Å². The normalized spacial score (nSPS) is 22.8. The number of phenols is 1. The van der Waals surface area contributed by atoms with E-state index in [-0.39, 0.29) is 35.3 Å². The summed E-state index contributed by atoms with van der Waals surface area (Å²) in [5.41, 5.74) is 0.203. The van der Waals surface area contributed by atoms with E-state index in [1.807, 2.05) is 0 Å². The molecule has 0 spiro atoms. The highest BCUT2D eigenvalue weighted by Crippen LogP contribution is 2.42. The lowest BCUT2D eigenvalue weighted by molar-refractivity contribution is -0.140. The number of carbonyl (C=O) groups excluding carboxylic acids is 2. The first kappa shape index (κ1) is 20.9. The number of rotatable bonds is 5. The predicted molar refractivity (Wildman–Crippen MR) is 109 cm³/mol. The molecule has 0 bridgehead atoms. The number of nitrogens with zero attached hydrogens (tertiary/aromatic N) is 1. The van der Waals surface area contributed by atoms with E-state index in [1.165, 1.54) is 36.3 Å². The summed E-state index contributed by atoms with van der Waals surface area (Å²) in [6.07, 6.45) is 1.36. The van der Waals surface area contributed by atoms with Gasteiger partial charge in [0, 0.05) is 13.2 Å². The summed E-state index contributed by atoms with van der Waals surface area (Å²) in [5, 5.41) is 21.0. The molecular formula is C23H22FNO6. The Bertz CT molecular complexity index is 1060. The number of aromatic hydroxyl groups is 1. The van der Waals surface area contributed by atoms with Crippen molar-refractivity contribution in [2.75, 3.05) is 20.3 Å². The number of phenolic OH excluding ortho intramolecular Hbond substituents is 1. The fourth-order valence-electron chi connectivity index (χ4n) is 4.13. The molecule has 0 saturated carbocycles. The average Bonchev–Trinajstić information content (AvgIpc) is 3.35. The third-order valence-corrected chi connectivity index (χ3v) is 5.57. The van der Waals surface area contributed by atoms with Gasteiger partial charge in [0.15, 0.2) is 0 Å². The minimum Gasteiger partial charge on any atom is -0.508 e. The van der Waals surface area contributed by atoms with E-state index >= 15 is 0 Å². The molecule has 2 aliphatic heterocycles. The zero-order valence-corrected chi connectivity index (χ0v) is 16.9. The number of aliphatic hydroxyl groups is 1. The van der Waals surface area contributed by atoms with Gasteiger partial charge in [-0.25, -0.2) is 4.39 Å². The Labute approximate surface area is 178 Å². The van der Waals surface area contributed by atoms with Crippen LogP contribution in [-0.4, -0.2) is 53.2 Å². The van der Waals surface area contributed by atoms with Crippen molar-refractivity contribution in [1.29, 1.82) is 0 Å². The Hall–Kier alpha value is -3.39. The number of amides is 1. The molecule has 2 saturated heterocycles. The number of benzene rings is 2. The first-order valence-electron chi connectivity index (χ1n) is 9.93. The standard InChI is InChI=1S/C23H22FNO6/c1-30-18-8-7-14(24)11-17(18)21(27)19-20(13-4-2-5-15(26)10-13)25(23(29)22(19)28)12-16-6-3-9-31-16/h2,4-5,7-8,10-11,16,20,26-27H,3,6,9,12H2,1H3/b21-19+. The lowest BCUT2D eigenvalue weighted by Crippen LogP contribution is -2.36. The molecule has 2 aromatic rings. The maximum Gasteiger partial charge on any atom is 0.295 e. The van der Waals surface area contributed by atoms with Gasteiger partial charge in [-0.3, -0.25) is 9.59 Å². The summed E-state index contributed by atoms with van der Waals surface area (Å²) >= 11 is 0. The number of hydrogen-bond acceptors (Lipinski definition) is 6. The molecular weight excluding hydrogens is 405 g/mol. The number of hydrogen-bond donors (Lipinski definition) is 2. The van der Waals surface area contributed by atoms with Gasteiger partial charge in [-0.05, 0) is 48.7 Å². The fraction of sp³-hybridized carbons (Fsp3) is 0.304. The Morgan fingerprint density at radius 1 is 1.26 bits per heavy atom. The lowest BCUT2D eigenvalue weighted by atomic mass is 9.94. The first-order chi connectivity index (χ1) is 14.9. The molecule has 31 heavy (non-hydrogen) atoms. The van der Waals surface area contributed by atoms with E-state index in [2.05, 4.69) is 0 Å². The van der Waals surface area contributed by atoms with E-state index in [0.717, 1.165) is 18.9 Å². The van der Waals surface area contributed by atoms with Crippen molar-refractivity contribution in [3.63, 3.8) is 0 Å². The smallest absolute Gasteiger partial charge is 0.295 e. The van der Waals surface area contributed by atoms with Crippen molar-refractivity contribution in [3.05, 3.63) is 65.0 Å². The van der Waals surface area contributed by atoms with Gasteiger partial charge in [0.05, 0.1) is 30.4 Å². The number of ether oxygens (including phenoxy) is 2. The van der Waals surface area contributed by atoms with Crippen LogP contribution in [0.3, 0.4) is 0 Å². The van der Waals surface area contributed by atoms with Crippen LogP contribution in [-0.2, 0) is 14.3 Å². The highest BCUT2D eigenvalue weighted by Gasteiger charge is 2.47. The summed E-state index contributed by atoms with van der Waals surface area (Å²) < 4.78 is 24.8. The van der Waals surface area contributed by atoms with Gasteiger partial charge in [0.1, 0.15) is 23.1 Å². The van der Waals surface area contributed by atoms with E-state index in [9.17, 15) is 24.2 Å². The molecule has 8 heteroatoms. The molecule has 0 aromatic heterocycles. The molecule has 2 atom stereocenters. The van der Waals surface area contributed by atoms with Gasteiger partial charge in [0.2, 0.25) is 0 Å². The van der Waals surface area contributed by atoms with Gasteiger partial charge >= 0.3 is 0 Å². The molecule has 2 N–H and O–H groups in total. The van der Waals surface area contributed by atoms with Gasteiger partial charge in [-0.1, -0.05) is 12.1 Å². The van der Waals surface area contributed by atoms with Crippen LogP contribution >= 0.6 is 0 Å². The maximum absolute atomic E-state index is 13.9. The predicted octanol–water partition coefficient (Wildman–Crippen LogP) is 3.14.